The van der Waals surface area contributed by atoms with Gasteiger partial charge < -0.3 is 4.74 Å². The van der Waals surface area contributed by atoms with E-state index in [0.29, 0.717) is 6.42 Å². The highest BCUT2D eigenvalue weighted by molar-refractivity contribution is 5.69. The van der Waals surface area contributed by atoms with Gasteiger partial charge in [-0.3, -0.25) is 4.79 Å². The number of rotatable bonds is 29. The number of esters is 1. The SMILES string of the molecule is CCCCCCCCCCCCCCCCCCCCCCCCCCCCCC(=O)OC1CCCCC1. The van der Waals surface area contributed by atoms with Gasteiger partial charge in [0, 0.05) is 6.42 Å². The highest BCUT2D eigenvalue weighted by atomic mass is 16.5. The average molecular weight is 535 g/mol. The maximum Gasteiger partial charge on any atom is 0.306 e. The summed E-state index contributed by atoms with van der Waals surface area (Å²) in [6.07, 6.45) is 45.1. The van der Waals surface area contributed by atoms with Crippen LogP contribution < -0.4 is 0 Å². The second kappa shape index (κ2) is 29.5. The van der Waals surface area contributed by atoms with E-state index in [0.717, 1.165) is 19.3 Å². The van der Waals surface area contributed by atoms with Crippen molar-refractivity contribution < 1.29 is 9.53 Å². The molecule has 0 aromatic carbocycles. The Morgan fingerprint density at radius 2 is 0.737 bits per heavy atom. The standard InChI is InChI=1S/C36H70O2/c1-2-3-4-5-6-7-8-9-10-11-12-13-14-15-16-17-18-19-20-21-22-23-24-25-26-27-31-34-36(37)38-35-32-29-28-30-33-35/h35H,2-34H2,1H3. The molecule has 1 aliphatic rings. The number of carbonyl (C=O) groups excluding carboxylic acids is 1. The molecule has 0 aliphatic heterocycles. The average Bonchev–Trinajstić information content (AvgIpc) is 2.93. The minimum Gasteiger partial charge on any atom is -0.462 e. The molecule has 2 heteroatoms. The molecule has 1 saturated carbocycles. The van der Waals surface area contributed by atoms with Gasteiger partial charge in [-0.25, -0.2) is 0 Å². The van der Waals surface area contributed by atoms with E-state index in [2.05, 4.69) is 6.92 Å². The summed E-state index contributed by atoms with van der Waals surface area (Å²) >= 11 is 0. The molecule has 0 aromatic heterocycles. The van der Waals surface area contributed by atoms with E-state index in [4.69, 9.17) is 4.74 Å². The molecule has 0 aromatic rings. The van der Waals surface area contributed by atoms with Gasteiger partial charge in [-0.15, -0.1) is 0 Å². The van der Waals surface area contributed by atoms with Gasteiger partial charge in [0.1, 0.15) is 6.10 Å². The topological polar surface area (TPSA) is 26.3 Å². The van der Waals surface area contributed by atoms with Crippen molar-refractivity contribution in [3.05, 3.63) is 0 Å². The van der Waals surface area contributed by atoms with Crippen LogP contribution in [-0.2, 0) is 9.53 Å². The zero-order valence-electron chi connectivity index (χ0n) is 26.2. The molecule has 0 amide bonds. The Labute approximate surface area is 240 Å². The van der Waals surface area contributed by atoms with E-state index < -0.39 is 0 Å². The van der Waals surface area contributed by atoms with Crippen LogP contribution in [-0.4, -0.2) is 12.1 Å². The smallest absolute Gasteiger partial charge is 0.306 e. The monoisotopic (exact) mass is 535 g/mol. The molecule has 0 heterocycles. The van der Waals surface area contributed by atoms with Crippen molar-refractivity contribution in [3.8, 4) is 0 Å². The fourth-order valence-corrected chi connectivity index (χ4v) is 6.19. The summed E-state index contributed by atoms with van der Waals surface area (Å²) < 4.78 is 5.61. The van der Waals surface area contributed by atoms with Gasteiger partial charge in [0.2, 0.25) is 0 Å². The Morgan fingerprint density at radius 1 is 0.447 bits per heavy atom. The van der Waals surface area contributed by atoms with E-state index in [-0.39, 0.29) is 12.1 Å². The van der Waals surface area contributed by atoms with Crippen LogP contribution >= 0.6 is 0 Å². The van der Waals surface area contributed by atoms with Gasteiger partial charge in [-0.2, -0.15) is 0 Å². The lowest BCUT2D eigenvalue weighted by Gasteiger charge is -2.21. The van der Waals surface area contributed by atoms with Crippen molar-refractivity contribution in [2.75, 3.05) is 0 Å². The van der Waals surface area contributed by atoms with Gasteiger partial charge in [0.15, 0.2) is 0 Å². The van der Waals surface area contributed by atoms with Crippen LogP contribution in [0.1, 0.15) is 219 Å². The highest BCUT2D eigenvalue weighted by Crippen LogP contribution is 2.21. The predicted octanol–water partition coefficient (Wildman–Crippen LogP) is 12.8. The summed E-state index contributed by atoms with van der Waals surface area (Å²) in [4.78, 5) is 11.9. The molecule has 0 saturated heterocycles. The van der Waals surface area contributed by atoms with Crippen molar-refractivity contribution >= 4 is 5.97 Å². The summed E-state index contributed by atoms with van der Waals surface area (Å²) in [7, 11) is 0. The molecule has 2 nitrogen and oxygen atoms in total. The number of carbonyl (C=O) groups is 1. The molecular weight excluding hydrogens is 464 g/mol. The van der Waals surface area contributed by atoms with Gasteiger partial charge in [0.25, 0.3) is 0 Å². The molecule has 0 N–H and O–H groups in total. The number of hydrogen-bond donors (Lipinski definition) is 0. The number of unbranched alkanes of at least 4 members (excludes halogenated alkanes) is 26. The van der Waals surface area contributed by atoms with Crippen molar-refractivity contribution in [2.45, 2.75) is 225 Å². The highest BCUT2D eigenvalue weighted by Gasteiger charge is 2.17. The molecule has 0 radical (unpaired) electrons. The lowest BCUT2D eigenvalue weighted by Crippen LogP contribution is -2.20. The summed E-state index contributed by atoms with van der Waals surface area (Å²) in [5, 5.41) is 0. The van der Waals surface area contributed by atoms with Crippen molar-refractivity contribution in [3.63, 3.8) is 0 Å². The fourth-order valence-electron chi connectivity index (χ4n) is 6.19. The second-order valence-corrected chi connectivity index (χ2v) is 12.7. The molecule has 38 heavy (non-hydrogen) atoms. The van der Waals surface area contributed by atoms with Crippen molar-refractivity contribution in [1.29, 1.82) is 0 Å². The third kappa shape index (κ3) is 25.7. The lowest BCUT2D eigenvalue weighted by molar-refractivity contribution is -0.150. The van der Waals surface area contributed by atoms with Crippen molar-refractivity contribution in [1.82, 2.24) is 0 Å². The van der Waals surface area contributed by atoms with Crippen LogP contribution in [0.15, 0.2) is 0 Å². The molecular formula is C36H70O2. The number of ether oxygens (including phenoxy) is 1. The Bertz CT molecular complexity index is 468. The Balaban J connectivity index is 1.65. The second-order valence-electron chi connectivity index (χ2n) is 12.7. The van der Waals surface area contributed by atoms with E-state index in [1.165, 1.54) is 186 Å². The van der Waals surface area contributed by atoms with Gasteiger partial charge in [-0.1, -0.05) is 180 Å². The van der Waals surface area contributed by atoms with E-state index in [1.54, 1.807) is 0 Å². The third-order valence-corrected chi connectivity index (χ3v) is 8.83. The lowest BCUT2D eigenvalue weighted by atomic mass is 9.98. The van der Waals surface area contributed by atoms with Crippen LogP contribution in [0.25, 0.3) is 0 Å². The molecule has 1 aliphatic carbocycles. The maximum atomic E-state index is 11.9. The summed E-state index contributed by atoms with van der Waals surface area (Å²) in [5.41, 5.74) is 0. The quantitative estimate of drug-likeness (QED) is 0.0704. The molecule has 1 rings (SSSR count). The Hall–Kier alpha value is -0.530. The summed E-state index contributed by atoms with van der Waals surface area (Å²) in [6, 6.07) is 0. The van der Waals surface area contributed by atoms with Gasteiger partial charge >= 0.3 is 5.97 Å². The van der Waals surface area contributed by atoms with Gasteiger partial charge in [0.05, 0.1) is 0 Å². The third-order valence-electron chi connectivity index (χ3n) is 8.83. The number of hydrogen-bond acceptors (Lipinski definition) is 2. The minimum absolute atomic E-state index is 0.0523. The first kappa shape index (κ1) is 35.5. The summed E-state index contributed by atoms with van der Waals surface area (Å²) in [6.45, 7) is 2.30. The van der Waals surface area contributed by atoms with E-state index >= 15 is 0 Å². The maximum absolute atomic E-state index is 11.9. The molecule has 0 spiro atoms. The van der Waals surface area contributed by atoms with Gasteiger partial charge in [-0.05, 0) is 32.1 Å². The van der Waals surface area contributed by atoms with Crippen LogP contribution in [0.3, 0.4) is 0 Å². The minimum atomic E-state index is 0.0523. The van der Waals surface area contributed by atoms with E-state index in [9.17, 15) is 4.79 Å². The first-order valence-corrected chi connectivity index (χ1v) is 18.0. The molecule has 0 atom stereocenters. The molecule has 226 valence electrons. The van der Waals surface area contributed by atoms with E-state index in [1.807, 2.05) is 0 Å². The van der Waals surface area contributed by atoms with Crippen molar-refractivity contribution in [2.24, 2.45) is 0 Å². The zero-order valence-corrected chi connectivity index (χ0v) is 26.2. The Morgan fingerprint density at radius 3 is 1.05 bits per heavy atom. The summed E-state index contributed by atoms with van der Waals surface area (Å²) in [5.74, 6) is 0.0523. The largest absolute Gasteiger partial charge is 0.462 e. The predicted molar refractivity (Wildman–Crippen MR) is 168 cm³/mol. The first-order valence-electron chi connectivity index (χ1n) is 18.0. The zero-order chi connectivity index (χ0) is 27.2. The first-order chi connectivity index (χ1) is 18.8. The van der Waals surface area contributed by atoms with Crippen LogP contribution in [0, 0.1) is 0 Å². The molecule has 0 unspecified atom stereocenters. The molecule has 1 fully saturated rings. The Kier molecular flexibility index (Phi) is 27.5. The van der Waals surface area contributed by atoms with Crippen LogP contribution in [0.5, 0.6) is 0 Å². The normalized spacial score (nSPS) is 14.2. The fraction of sp³-hybridized carbons (Fsp3) is 0.972. The van der Waals surface area contributed by atoms with Crippen LogP contribution in [0.4, 0.5) is 0 Å². The molecule has 0 bridgehead atoms. The van der Waals surface area contributed by atoms with Crippen LogP contribution in [0.2, 0.25) is 0 Å².